The van der Waals surface area contributed by atoms with Crippen LogP contribution in [0.15, 0.2) is 35.2 Å². The van der Waals surface area contributed by atoms with E-state index in [4.69, 9.17) is 0 Å². The van der Waals surface area contributed by atoms with Crippen LogP contribution in [-0.4, -0.2) is 72.9 Å². The fourth-order valence-electron chi connectivity index (χ4n) is 4.34. The lowest BCUT2D eigenvalue weighted by atomic mass is 10.0. The highest BCUT2D eigenvalue weighted by Gasteiger charge is 2.32. The molecule has 0 saturated carbocycles. The number of aromatic nitrogens is 2. The molecule has 30 heavy (non-hydrogen) atoms. The van der Waals surface area contributed by atoms with Crippen molar-refractivity contribution in [3.8, 4) is 0 Å². The van der Waals surface area contributed by atoms with Crippen LogP contribution in [-0.2, 0) is 10.0 Å². The number of sulfonamides is 1. The second-order valence-corrected chi connectivity index (χ2v) is 10.0. The summed E-state index contributed by atoms with van der Waals surface area (Å²) in [6.07, 6.45) is 2.03. The van der Waals surface area contributed by atoms with Crippen LogP contribution in [0.1, 0.15) is 24.2 Å². The number of hydrogen-bond acceptors (Lipinski definition) is 6. The van der Waals surface area contributed by atoms with Gasteiger partial charge in [-0.25, -0.2) is 22.8 Å². The summed E-state index contributed by atoms with van der Waals surface area (Å²) < 4.78 is 40.2. The normalized spacial score (nSPS) is 19.9. The van der Waals surface area contributed by atoms with E-state index in [0.29, 0.717) is 32.2 Å². The fourth-order valence-corrected chi connectivity index (χ4v) is 5.77. The quantitative estimate of drug-likeness (QED) is 0.736. The molecule has 0 bridgehead atoms. The van der Waals surface area contributed by atoms with Gasteiger partial charge in [0.05, 0.1) is 4.90 Å². The highest BCUT2D eigenvalue weighted by Crippen LogP contribution is 2.24. The van der Waals surface area contributed by atoms with Gasteiger partial charge in [0, 0.05) is 56.7 Å². The lowest BCUT2D eigenvalue weighted by molar-refractivity contribution is 0.119. The van der Waals surface area contributed by atoms with Crippen molar-refractivity contribution < 1.29 is 12.8 Å². The zero-order valence-electron chi connectivity index (χ0n) is 17.5. The number of anilines is 1. The van der Waals surface area contributed by atoms with Crippen LogP contribution in [0, 0.1) is 19.7 Å². The molecule has 0 atom stereocenters. The molecule has 2 saturated heterocycles. The molecular formula is C21H28FN5O2S. The molecule has 1 aromatic heterocycles. The Morgan fingerprint density at radius 1 is 0.900 bits per heavy atom. The summed E-state index contributed by atoms with van der Waals surface area (Å²) in [6, 6.07) is 7.48. The van der Waals surface area contributed by atoms with Crippen LogP contribution < -0.4 is 4.90 Å². The molecule has 3 heterocycles. The molecule has 0 spiro atoms. The number of nitrogens with zero attached hydrogens (tertiary/aromatic N) is 5. The van der Waals surface area contributed by atoms with E-state index in [0.717, 1.165) is 43.3 Å². The molecule has 1 aromatic carbocycles. The molecule has 7 nitrogen and oxygen atoms in total. The Morgan fingerprint density at radius 2 is 1.47 bits per heavy atom. The molecule has 162 valence electrons. The maximum atomic E-state index is 13.1. The number of piperazine rings is 1. The van der Waals surface area contributed by atoms with Gasteiger partial charge in [0.25, 0.3) is 0 Å². The molecule has 0 radical (unpaired) electrons. The second kappa shape index (κ2) is 8.56. The van der Waals surface area contributed by atoms with Crippen molar-refractivity contribution in [2.75, 3.05) is 44.2 Å². The summed E-state index contributed by atoms with van der Waals surface area (Å²) >= 11 is 0. The first-order chi connectivity index (χ1) is 14.3. The van der Waals surface area contributed by atoms with Crippen molar-refractivity contribution in [1.82, 2.24) is 19.2 Å². The Morgan fingerprint density at radius 3 is 2.03 bits per heavy atom. The molecule has 0 unspecified atom stereocenters. The largest absolute Gasteiger partial charge is 0.341 e. The smallest absolute Gasteiger partial charge is 0.243 e. The van der Waals surface area contributed by atoms with E-state index in [-0.39, 0.29) is 4.90 Å². The number of hydrogen-bond donors (Lipinski definition) is 0. The summed E-state index contributed by atoms with van der Waals surface area (Å²) in [6.45, 7) is 8.13. The fraction of sp³-hybridized carbons (Fsp3) is 0.524. The number of benzene rings is 1. The van der Waals surface area contributed by atoms with E-state index in [1.165, 1.54) is 28.6 Å². The third-order valence-electron chi connectivity index (χ3n) is 5.96. The highest BCUT2D eigenvalue weighted by atomic mass is 32.2. The van der Waals surface area contributed by atoms with E-state index >= 15 is 0 Å². The minimum Gasteiger partial charge on any atom is -0.341 e. The standard InChI is InChI=1S/C21H28FN5O2S/c1-16-15-17(2)24-21(23-16)26-9-7-19(8-10-26)25-11-13-27(14-12-25)30(28,29)20-5-3-18(22)4-6-20/h3-6,15,19H,7-14H2,1-2H3. The minimum atomic E-state index is -3.57. The lowest BCUT2D eigenvalue weighted by Gasteiger charge is -2.42. The summed E-state index contributed by atoms with van der Waals surface area (Å²) in [5.41, 5.74) is 1.97. The molecule has 4 rings (SSSR count). The molecule has 2 aliphatic heterocycles. The van der Waals surface area contributed by atoms with E-state index in [1.807, 2.05) is 19.9 Å². The molecule has 0 aliphatic carbocycles. The summed E-state index contributed by atoms with van der Waals surface area (Å²) in [5.74, 6) is 0.373. The van der Waals surface area contributed by atoms with Crippen molar-refractivity contribution in [1.29, 1.82) is 0 Å². The average Bonchev–Trinajstić information content (AvgIpc) is 2.74. The highest BCUT2D eigenvalue weighted by molar-refractivity contribution is 7.89. The van der Waals surface area contributed by atoms with Crippen LogP contribution in [0.3, 0.4) is 0 Å². The maximum Gasteiger partial charge on any atom is 0.243 e. The Bertz CT molecular complexity index is 963. The van der Waals surface area contributed by atoms with Crippen LogP contribution in [0.4, 0.5) is 10.3 Å². The van der Waals surface area contributed by atoms with Gasteiger partial charge in [-0.2, -0.15) is 4.31 Å². The minimum absolute atomic E-state index is 0.152. The first-order valence-electron chi connectivity index (χ1n) is 10.4. The van der Waals surface area contributed by atoms with Crippen molar-refractivity contribution in [2.45, 2.75) is 37.6 Å². The zero-order valence-corrected chi connectivity index (χ0v) is 18.3. The SMILES string of the molecule is Cc1cc(C)nc(N2CCC(N3CCN(S(=O)(=O)c4ccc(F)cc4)CC3)CC2)n1. The molecule has 0 amide bonds. The van der Waals surface area contributed by atoms with Gasteiger partial charge in [0.2, 0.25) is 16.0 Å². The predicted octanol–water partition coefficient (Wildman–Crippen LogP) is 2.21. The van der Waals surface area contributed by atoms with Gasteiger partial charge in [-0.3, -0.25) is 4.90 Å². The van der Waals surface area contributed by atoms with Crippen molar-refractivity contribution in [3.05, 3.63) is 47.5 Å². The molecule has 0 N–H and O–H groups in total. The van der Waals surface area contributed by atoms with E-state index < -0.39 is 15.8 Å². The number of aryl methyl sites for hydroxylation is 2. The zero-order chi connectivity index (χ0) is 21.3. The van der Waals surface area contributed by atoms with Gasteiger partial charge in [0.15, 0.2) is 0 Å². The van der Waals surface area contributed by atoms with E-state index in [2.05, 4.69) is 19.8 Å². The van der Waals surface area contributed by atoms with Crippen molar-refractivity contribution in [2.24, 2.45) is 0 Å². The lowest BCUT2D eigenvalue weighted by Crippen LogP contribution is -2.54. The van der Waals surface area contributed by atoms with Crippen LogP contribution in [0.25, 0.3) is 0 Å². The van der Waals surface area contributed by atoms with Crippen molar-refractivity contribution in [3.63, 3.8) is 0 Å². The van der Waals surface area contributed by atoms with Gasteiger partial charge in [-0.05, 0) is 57.0 Å². The summed E-state index contributed by atoms with van der Waals surface area (Å²) in [5, 5.41) is 0. The Balaban J connectivity index is 1.32. The van der Waals surface area contributed by atoms with Crippen molar-refractivity contribution >= 4 is 16.0 Å². The topological polar surface area (TPSA) is 69.6 Å². The predicted molar refractivity (Wildman–Crippen MR) is 113 cm³/mol. The Hall–Kier alpha value is -2.10. The summed E-state index contributed by atoms with van der Waals surface area (Å²) in [7, 11) is -3.57. The molecule has 9 heteroatoms. The Labute approximate surface area is 177 Å². The van der Waals surface area contributed by atoms with E-state index in [1.54, 1.807) is 0 Å². The molecule has 2 aliphatic rings. The second-order valence-electron chi connectivity index (χ2n) is 8.06. The number of rotatable bonds is 4. The van der Waals surface area contributed by atoms with Gasteiger partial charge >= 0.3 is 0 Å². The molecular weight excluding hydrogens is 405 g/mol. The van der Waals surface area contributed by atoms with Crippen LogP contribution in [0.5, 0.6) is 0 Å². The third kappa shape index (κ3) is 4.48. The van der Waals surface area contributed by atoms with Crippen LogP contribution >= 0.6 is 0 Å². The molecule has 2 fully saturated rings. The number of piperidine rings is 1. The van der Waals surface area contributed by atoms with Gasteiger partial charge < -0.3 is 4.90 Å². The summed E-state index contributed by atoms with van der Waals surface area (Å²) in [4.78, 5) is 13.9. The average molecular weight is 434 g/mol. The van der Waals surface area contributed by atoms with Gasteiger partial charge in [-0.1, -0.05) is 0 Å². The third-order valence-corrected chi connectivity index (χ3v) is 7.87. The van der Waals surface area contributed by atoms with Gasteiger partial charge in [-0.15, -0.1) is 0 Å². The maximum absolute atomic E-state index is 13.1. The number of halogens is 1. The first kappa shape index (κ1) is 21.1. The Kier molecular flexibility index (Phi) is 6.04. The monoisotopic (exact) mass is 433 g/mol. The van der Waals surface area contributed by atoms with E-state index in [9.17, 15) is 12.8 Å². The van der Waals surface area contributed by atoms with Gasteiger partial charge in [0.1, 0.15) is 5.82 Å². The molecule has 2 aromatic rings. The first-order valence-corrected chi connectivity index (χ1v) is 11.8. The van der Waals surface area contributed by atoms with Crippen LogP contribution in [0.2, 0.25) is 0 Å².